The summed E-state index contributed by atoms with van der Waals surface area (Å²) in [5.74, 6) is 1.21. The second-order valence-electron chi connectivity index (χ2n) is 6.57. The second-order valence-corrected chi connectivity index (χ2v) is 7.01. The van der Waals surface area contributed by atoms with Gasteiger partial charge in [0.1, 0.15) is 17.5 Å². The first-order valence-corrected chi connectivity index (χ1v) is 9.34. The van der Waals surface area contributed by atoms with E-state index in [9.17, 15) is 4.79 Å². The van der Waals surface area contributed by atoms with Crippen LogP contribution in [0, 0.1) is 0 Å². The number of carbonyl (C=O) groups is 1. The molecule has 0 spiro atoms. The van der Waals surface area contributed by atoms with Gasteiger partial charge in [-0.15, -0.1) is 0 Å². The summed E-state index contributed by atoms with van der Waals surface area (Å²) in [5.41, 5.74) is 1.44. The lowest BCUT2D eigenvalue weighted by molar-refractivity contribution is 0.0563. The van der Waals surface area contributed by atoms with E-state index >= 15 is 0 Å². The lowest BCUT2D eigenvalue weighted by Crippen LogP contribution is -2.39. The SMILES string of the molecule is O=C(c1cnccn1)N1CCCC[C@H]1c1ncc(Cc2ccc(Cl)cc2)o1. The van der Waals surface area contributed by atoms with Crippen LogP contribution in [-0.2, 0) is 6.42 Å². The van der Waals surface area contributed by atoms with Gasteiger partial charge in [0.15, 0.2) is 0 Å². The van der Waals surface area contributed by atoms with Crippen LogP contribution in [0.25, 0.3) is 0 Å². The summed E-state index contributed by atoms with van der Waals surface area (Å²) in [7, 11) is 0. The fourth-order valence-corrected chi connectivity index (χ4v) is 3.48. The number of benzene rings is 1. The Bertz CT molecular complexity index is 911. The Balaban J connectivity index is 1.53. The Morgan fingerprint density at radius 3 is 2.78 bits per heavy atom. The standard InChI is InChI=1S/C20H19ClN4O2/c21-15-6-4-14(5-7-15)11-16-12-24-19(27-16)18-3-1-2-10-25(18)20(26)17-13-22-8-9-23-17/h4-9,12-13,18H,1-3,10-11H2/t18-/m0/s1. The molecule has 0 N–H and O–H groups in total. The molecular weight excluding hydrogens is 364 g/mol. The Labute approximate surface area is 162 Å². The van der Waals surface area contributed by atoms with Gasteiger partial charge in [-0.3, -0.25) is 9.78 Å². The highest BCUT2D eigenvalue weighted by molar-refractivity contribution is 6.30. The van der Waals surface area contributed by atoms with Crippen molar-refractivity contribution in [3.8, 4) is 0 Å². The van der Waals surface area contributed by atoms with E-state index < -0.39 is 0 Å². The maximum atomic E-state index is 12.9. The van der Waals surface area contributed by atoms with Crippen LogP contribution in [-0.4, -0.2) is 32.3 Å². The minimum Gasteiger partial charge on any atom is -0.443 e. The van der Waals surface area contributed by atoms with Crippen LogP contribution in [0.1, 0.15) is 53.0 Å². The number of hydrogen-bond acceptors (Lipinski definition) is 5. The van der Waals surface area contributed by atoms with Crippen molar-refractivity contribution >= 4 is 17.5 Å². The zero-order chi connectivity index (χ0) is 18.6. The fraction of sp³-hybridized carbons (Fsp3) is 0.300. The molecule has 0 unspecified atom stereocenters. The van der Waals surface area contributed by atoms with E-state index in [1.807, 2.05) is 24.3 Å². The lowest BCUT2D eigenvalue weighted by atomic mass is 10.0. The molecule has 0 saturated carbocycles. The third-order valence-corrected chi connectivity index (χ3v) is 4.95. The molecule has 2 aromatic heterocycles. The van der Waals surface area contributed by atoms with Gasteiger partial charge in [0.2, 0.25) is 5.89 Å². The number of likely N-dealkylation sites (tertiary alicyclic amines) is 1. The molecule has 27 heavy (non-hydrogen) atoms. The van der Waals surface area contributed by atoms with Crippen LogP contribution in [0.4, 0.5) is 0 Å². The maximum Gasteiger partial charge on any atom is 0.274 e. The summed E-state index contributed by atoms with van der Waals surface area (Å²) >= 11 is 5.93. The molecule has 0 bridgehead atoms. The first-order valence-electron chi connectivity index (χ1n) is 8.97. The zero-order valence-electron chi connectivity index (χ0n) is 14.7. The number of nitrogens with zero attached hydrogens (tertiary/aromatic N) is 4. The molecule has 0 aliphatic carbocycles. The average Bonchev–Trinajstić information content (AvgIpc) is 3.18. The van der Waals surface area contributed by atoms with E-state index in [0.29, 0.717) is 29.6 Å². The van der Waals surface area contributed by atoms with E-state index in [2.05, 4.69) is 15.0 Å². The molecule has 1 aromatic carbocycles. The van der Waals surface area contributed by atoms with Crippen molar-refractivity contribution in [1.82, 2.24) is 19.9 Å². The number of carbonyl (C=O) groups excluding carboxylic acids is 1. The highest BCUT2D eigenvalue weighted by Crippen LogP contribution is 2.32. The van der Waals surface area contributed by atoms with E-state index in [0.717, 1.165) is 30.6 Å². The van der Waals surface area contributed by atoms with Crippen molar-refractivity contribution in [3.63, 3.8) is 0 Å². The number of halogens is 1. The summed E-state index contributed by atoms with van der Waals surface area (Å²) in [5, 5.41) is 0.706. The minimum atomic E-state index is -0.174. The summed E-state index contributed by atoms with van der Waals surface area (Å²) in [6, 6.07) is 7.48. The number of rotatable bonds is 4. The predicted molar refractivity (Wildman–Crippen MR) is 100 cm³/mol. The molecule has 1 atom stereocenters. The van der Waals surface area contributed by atoms with Crippen LogP contribution in [0.2, 0.25) is 5.02 Å². The molecule has 1 fully saturated rings. The van der Waals surface area contributed by atoms with E-state index in [1.165, 1.54) is 12.4 Å². The summed E-state index contributed by atoms with van der Waals surface area (Å²) < 4.78 is 6.00. The van der Waals surface area contributed by atoms with Crippen molar-refractivity contribution in [2.45, 2.75) is 31.7 Å². The molecule has 4 rings (SSSR count). The van der Waals surface area contributed by atoms with Gasteiger partial charge >= 0.3 is 0 Å². The summed E-state index contributed by atoms with van der Waals surface area (Å²) in [4.78, 5) is 27.2. The third-order valence-electron chi connectivity index (χ3n) is 4.69. The molecule has 3 heterocycles. The van der Waals surface area contributed by atoms with Gasteiger partial charge < -0.3 is 9.32 Å². The van der Waals surface area contributed by atoms with Gasteiger partial charge in [0.25, 0.3) is 5.91 Å². The molecule has 7 heteroatoms. The monoisotopic (exact) mass is 382 g/mol. The molecule has 1 saturated heterocycles. The topological polar surface area (TPSA) is 72.1 Å². The van der Waals surface area contributed by atoms with Crippen molar-refractivity contribution in [2.75, 3.05) is 6.54 Å². The maximum absolute atomic E-state index is 12.9. The van der Waals surface area contributed by atoms with Crippen molar-refractivity contribution in [2.24, 2.45) is 0 Å². The molecule has 1 aliphatic heterocycles. The quantitative estimate of drug-likeness (QED) is 0.679. The van der Waals surface area contributed by atoms with E-state index in [4.69, 9.17) is 16.0 Å². The fourth-order valence-electron chi connectivity index (χ4n) is 3.35. The minimum absolute atomic E-state index is 0.134. The zero-order valence-corrected chi connectivity index (χ0v) is 15.5. The normalized spacial score (nSPS) is 17.1. The predicted octanol–water partition coefficient (Wildman–Crippen LogP) is 4.08. The van der Waals surface area contributed by atoms with Crippen molar-refractivity contribution in [3.05, 3.63) is 77.0 Å². The first-order chi connectivity index (χ1) is 13.2. The second kappa shape index (κ2) is 7.88. The van der Waals surface area contributed by atoms with Crippen LogP contribution in [0.5, 0.6) is 0 Å². The van der Waals surface area contributed by atoms with Gasteiger partial charge in [0.05, 0.1) is 12.4 Å². The molecule has 0 radical (unpaired) electrons. The Hall–Kier alpha value is -2.73. The molecular formula is C20H19ClN4O2. The Kier molecular flexibility index (Phi) is 5.16. The van der Waals surface area contributed by atoms with E-state index in [1.54, 1.807) is 17.3 Å². The Morgan fingerprint density at radius 2 is 2.00 bits per heavy atom. The highest BCUT2D eigenvalue weighted by Gasteiger charge is 2.32. The smallest absolute Gasteiger partial charge is 0.274 e. The summed E-state index contributed by atoms with van der Waals surface area (Å²) in [6.07, 6.45) is 9.77. The van der Waals surface area contributed by atoms with Gasteiger partial charge in [-0.25, -0.2) is 9.97 Å². The van der Waals surface area contributed by atoms with Gasteiger partial charge in [0, 0.05) is 30.4 Å². The molecule has 138 valence electrons. The number of amides is 1. The van der Waals surface area contributed by atoms with Crippen LogP contribution in [0.3, 0.4) is 0 Å². The average molecular weight is 383 g/mol. The lowest BCUT2D eigenvalue weighted by Gasteiger charge is -2.33. The molecule has 6 nitrogen and oxygen atoms in total. The van der Waals surface area contributed by atoms with Crippen LogP contribution >= 0.6 is 11.6 Å². The number of piperidine rings is 1. The van der Waals surface area contributed by atoms with E-state index in [-0.39, 0.29) is 11.9 Å². The van der Waals surface area contributed by atoms with Crippen molar-refractivity contribution < 1.29 is 9.21 Å². The molecule has 3 aromatic rings. The molecule has 1 aliphatic rings. The summed E-state index contributed by atoms with van der Waals surface area (Å²) in [6.45, 7) is 0.662. The van der Waals surface area contributed by atoms with Crippen LogP contribution in [0.15, 0.2) is 53.5 Å². The largest absolute Gasteiger partial charge is 0.443 e. The molecule has 1 amide bonds. The van der Waals surface area contributed by atoms with Crippen LogP contribution < -0.4 is 0 Å². The number of oxazole rings is 1. The van der Waals surface area contributed by atoms with Gasteiger partial charge in [-0.2, -0.15) is 0 Å². The van der Waals surface area contributed by atoms with Gasteiger partial charge in [-0.05, 0) is 37.0 Å². The third kappa shape index (κ3) is 4.01. The Morgan fingerprint density at radius 1 is 1.15 bits per heavy atom. The van der Waals surface area contributed by atoms with Gasteiger partial charge in [-0.1, -0.05) is 23.7 Å². The highest BCUT2D eigenvalue weighted by atomic mass is 35.5. The number of hydrogen-bond donors (Lipinski definition) is 0. The number of aromatic nitrogens is 3. The van der Waals surface area contributed by atoms with Crippen molar-refractivity contribution in [1.29, 1.82) is 0 Å². The first kappa shape index (κ1) is 17.7.